The maximum Gasteiger partial charge on any atom is 0.315 e. The summed E-state index contributed by atoms with van der Waals surface area (Å²) in [6.07, 6.45) is 0.561. The van der Waals surface area contributed by atoms with Crippen LogP contribution in [0.25, 0.3) is 0 Å². The molecule has 0 fully saturated rings. The predicted octanol–water partition coefficient (Wildman–Crippen LogP) is 0.101. The molecule has 0 spiro atoms. The van der Waals surface area contributed by atoms with Gasteiger partial charge in [0.05, 0.1) is 6.42 Å². The molecule has 0 bridgehead atoms. The Kier molecular flexibility index (Phi) is 7.28. The van der Waals surface area contributed by atoms with Gasteiger partial charge < -0.3 is 20.6 Å². The summed E-state index contributed by atoms with van der Waals surface area (Å²) in [6, 6.07) is -0.619. The van der Waals surface area contributed by atoms with E-state index in [-0.39, 0.29) is 18.5 Å². The second-order valence-electron chi connectivity index (χ2n) is 3.91. The fourth-order valence-corrected chi connectivity index (χ4v) is 1.14. The quantitative estimate of drug-likeness (QED) is 0.580. The molecule has 0 heterocycles. The number of carboxylic acid groups (broad SMARTS) is 1. The lowest BCUT2D eigenvalue weighted by Crippen LogP contribution is -2.44. The third-order valence-electron chi connectivity index (χ3n) is 2.09. The molecule has 0 aliphatic rings. The summed E-state index contributed by atoms with van der Waals surface area (Å²) in [4.78, 5) is 23.8. The van der Waals surface area contributed by atoms with Crippen molar-refractivity contribution in [2.75, 3.05) is 27.2 Å². The van der Waals surface area contributed by atoms with Gasteiger partial charge in [-0.25, -0.2) is 4.79 Å². The first-order valence-corrected chi connectivity index (χ1v) is 5.36. The summed E-state index contributed by atoms with van der Waals surface area (Å²) in [5.41, 5.74) is 0. The largest absolute Gasteiger partial charge is 0.481 e. The zero-order valence-electron chi connectivity index (χ0n) is 10.1. The van der Waals surface area contributed by atoms with E-state index in [4.69, 9.17) is 5.11 Å². The SMILES string of the molecule is CCC(CC(=O)O)NC(=O)NCCN(C)C. The summed E-state index contributed by atoms with van der Waals surface area (Å²) in [5, 5.41) is 13.9. The van der Waals surface area contributed by atoms with Gasteiger partial charge in [0.2, 0.25) is 0 Å². The van der Waals surface area contributed by atoms with Crippen molar-refractivity contribution in [3.8, 4) is 0 Å². The number of carboxylic acids is 1. The first-order chi connectivity index (χ1) is 7.45. The van der Waals surface area contributed by atoms with Gasteiger partial charge in [-0.2, -0.15) is 0 Å². The highest BCUT2D eigenvalue weighted by atomic mass is 16.4. The predicted molar refractivity (Wildman–Crippen MR) is 61.4 cm³/mol. The molecule has 0 rings (SSSR count). The van der Waals surface area contributed by atoms with Crippen LogP contribution >= 0.6 is 0 Å². The lowest BCUT2D eigenvalue weighted by molar-refractivity contribution is -0.137. The lowest BCUT2D eigenvalue weighted by Gasteiger charge is -2.16. The molecule has 0 aromatic heterocycles. The van der Waals surface area contributed by atoms with E-state index >= 15 is 0 Å². The molecule has 6 nitrogen and oxygen atoms in total. The maximum atomic E-state index is 11.3. The van der Waals surface area contributed by atoms with Gasteiger partial charge in [0.1, 0.15) is 0 Å². The number of carbonyl (C=O) groups is 2. The second kappa shape index (κ2) is 7.92. The van der Waals surface area contributed by atoms with Gasteiger partial charge in [-0.15, -0.1) is 0 Å². The number of carbonyl (C=O) groups excluding carboxylic acids is 1. The standard InChI is InChI=1S/C10H21N3O3/c1-4-8(7-9(14)15)12-10(16)11-5-6-13(2)3/h8H,4-7H2,1-3H3,(H,14,15)(H2,11,12,16). The molecule has 3 N–H and O–H groups in total. The summed E-state index contributed by atoms with van der Waals surface area (Å²) < 4.78 is 0. The number of hydrogen-bond acceptors (Lipinski definition) is 3. The summed E-state index contributed by atoms with van der Waals surface area (Å²) in [6.45, 7) is 3.14. The number of nitrogens with zero attached hydrogens (tertiary/aromatic N) is 1. The minimum atomic E-state index is -0.902. The number of amides is 2. The molecule has 0 aromatic rings. The molecule has 0 aromatic carbocycles. The van der Waals surface area contributed by atoms with Gasteiger partial charge in [-0.3, -0.25) is 4.79 Å². The van der Waals surface area contributed by atoms with E-state index < -0.39 is 5.97 Å². The normalized spacial score (nSPS) is 12.2. The zero-order valence-corrected chi connectivity index (χ0v) is 10.1. The van der Waals surface area contributed by atoms with Gasteiger partial charge in [0.25, 0.3) is 0 Å². The summed E-state index contributed by atoms with van der Waals surface area (Å²) >= 11 is 0. The highest BCUT2D eigenvalue weighted by molar-refractivity contribution is 5.75. The van der Waals surface area contributed by atoms with Crippen LogP contribution in [0.3, 0.4) is 0 Å². The van der Waals surface area contributed by atoms with E-state index in [1.165, 1.54) is 0 Å². The Hall–Kier alpha value is -1.30. The Balaban J connectivity index is 3.78. The second-order valence-corrected chi connectivity index (χ2v) is 3.91. The van der Waals surface area contributed by atoms with Crippen molar-refractivity contribution >= 4 is 12.0 Å². The average Bonchev–Trinajstić information content (AvgIpc) is 2.15. The van der Waals surface area contributed by atoms with E-state index in [2.05, 4.69) is 10.6 Å². The molecular weight excluding hydrogens is 210 g/mol. The monoisotopic (exact) mass is 231 g/mol. The number of urea groups is 1. The molecule has 6 heteroatoms. The minimum Gasteiger partial charge on any atom is -0.481 e. The average molecular weight is 231 g/mol. The van der Waals surface area contributed by atoms with Crippen molar-refractivity contribution in [2.24, 2.45) is 0 Å². The van der Waals surface area contributed by atoms with Crippen LogP contribution in [0.1, 0.15) is 19.8 Å². The number of nitrogens with one attached hydrogen (secondary N) is 2. The molecule has 0 saturated heterocycles. The maximum absolute atomic E-state index is 11.3. The van der Waals surface area contributed by atoms with E-state index in [0.717, 1.165) is 6.54 Å². The van der Waals surface area contributed by atoms with Gasteiger partial charge >= 0.3 is 12.0 Å². The highest BCUT2D eigenvalue weighted by Gasteiger charge is 2.13. The van der Waals surface area contributed by atoms with Gasteiger partial charge in [0, 0.05) is 19.1 Å². The number of likely N-dealkylation sites (N-methyl/N-ethyl adjacent to an activating group) is 1. The van der Waals surface area contributed by atoms with E-state index in [9.17, 15) is 9.59 Å². The Morgan fingerprint density at radius 3 is 2.44 bits per heavy atom. The lowest BCUT2D eigenvalue weighted by atomic mass is 10.1. The van der Waals surface area contributed by atoms with Crippen LogP contribution in [0.15, 0.2) is 0 Å². The van der Waals surface area contributed by atoms with E-state index in [1.807, 2.05) is 25.9 Å². The molecule has 2 amide bonds. The number of rotatable bonds is 7. The van der Waals surface area contributed by atoms with Crippen LogP contribution in [-0.4, -0.2) is 55.2 Å². The van der Waals surface area contributed by atoms with Crippen molar-refractivity contribution in [2.45, 2.75) is 25.8 Å². The van der Waals surface area contributed by atoms with Crippen LogP contribution in [-0.2, 0) is 4.79 Å². The fraction of sp³-hybridized carbons (Fsp3) is 0.800. The van der Waals surface area contributed by atoms with Crippen molar-refractivity contribution < 1.29 is 14.7 Å². The Morgan fingerprint density at radius 1 is 1.38 bits per heavy atom. The number of aliphatic carboxylic acids is 1. The Bertz CT molecular complexity index is 231. The summed E-state index contributed by atoms with van der Waals surface area (Å²) in [5.74, 6) is -0.902. The smallest absolute Gasteiger partial charge is 0.315 e. The van der Waals surface area contributed by atoms with Crippen LogP contribution in [0.5, 0.6) is 0 Å². The van der Waals surface area contributed by atoms with E-state index in [1.54, 1.807) is 0 Å². The van der Waals surface area contributed by atoms with Gasteiger partial charge in [0.15, 0.2) is 0 Å². The van der Waals surface area contributed by atoms with E-state index in [0.29, 0.717) is 13.0 Å². The molecule has 0 aliphatic heterocycles. The molecular formula is C10H21N3O3. The molecule has 94 valence electrons. The molecule has 0 aliphatic carbocycles. The Morgan fingerprint density at radius 2 is 2.00 bits per heavy atom. The molecule has 0 radical (unpaired) electrons. The van der Waals surface area contributed by atoms with Crippen LogP contribution in [0, 0.1) is 0 Å². The van der Waals surface area contributed by atoms with Crippen molar-refractivity contribution in [3.05, 3.63) is 0 Å². The van der Waals surface area contributed by atoms with Gasteiger partial charge in [-0.05, 0) is 20.5 Å². The molecule has 1 atom stereocenters. The third-order valence-corrected chi connectivity index (χ3v) is 2.09. The van der Waals surface area contributed by atoms with Crippen molar-refractivity contribution in [1.29, 1.82) is 0 Å². The van der Waals surface area contributed by atoms with Crippen LogP contribution < -0.4 is 10.6 Å². The van der Waals surface area contributed by atoms with Crippen LogP contribution in [0.4, 0.5) is 4.79 Å². The topological polar surface area (TPSA) is 81.7 Å². The third kappa shape index (κ3) is 8.05. The molecule has 1 unspecified atom stereocenters. The first kappa shape index (κ1) is 14.7. The first-order valence-electron chi connectivity index (χ1n) is 5.36. The van der Waals surface area contributed by atoms with Crippen molar-refractivity contribution in [1.82, 2.24) is 15.5 Å². The Labute approximate surface area is 96.0 Å². The zero-order chi connectivity index (χ0) is 12.6. The minimum absolute atomic E-state index is 0.0440. The highest BCUT2D eigenvalue weighted by Crippen LogP contribution is 1.96. The van der Waals surface area contributed by atoms with Gasteiger partial charge in [-0.1, -0.05) is 6.92 Å². The molecule has 16 heavy (non-hydrogen) atoms. The number of hydrogen-bond donors (Lipinski definition) is 3. The van der Waals surface area contributed by atoms with Crippen LogP contribution in [0.2, 0.25) is 0 Å². The fourth-order valence-electron chi connectivity index (χ4n) is 1.14. The summed E-state index contributed by atoms with van der Waals surface area (Å²) in [7, 11) is 3.83. The molecule has 0 saturated carbocycles. The van der Waals surface area contributed by atoms with Crippen molar-refractivity contribution in [3.63, 3.8) is 0 Å².